The molecular weight excluding hydrogens is 468 g/mol. The van der Waals surface area contributed by atoms with Crippen LogP contribution >= 0.6 is 0 Å². The Morgan fingerprint density at radius 3 is 2.50 bits per heavy atom. The number of alkyl halides is 6. The molecule has 0 saturated carbocycles. The monoisotopic (exact) mass is 483 g/mol. The highest BCUT2D eigenvalue weighted by molar-refractivity contribution is 5.77. The van der Waals surface area contributed by atoms with E-state index < -0.39 is 35.5 Å². The Hall–Kier alpha value is -3.71. The van der Waals surface area contributed by atoms with Crippen LogP contribution in [0.3, 0.4) is 0 Å². The SMILES string of the molecule is Cc1cc(C(F)(F)F)cc(O)c1-c1cnc2cn(C3CCc4nnc(C(F)(F)F)n4C3)nc2n1. The summed E-state index contributed by atoms with van der Waals surface area (Å²) in [7, 11) is 0. The first-order valence-electron chi connectivity index (χ1n) is 10.0. The molecule has 0 aliphatic carbocycles. The number of rotatable bonds is 2. The van der Waals surface area contributed by atoms with Crippen LogP contribution in [0.1, 0.15) is 35.2 Å². The van der Waals surface area contributed by atoms with Gasteiger partial charge in [0.25, 0.3) is 0 Å². The fourth-order valence-corrected chi connectivity index (χ4v) is 4.13. The Morgan fingerprint density at radius 1 is 1.06 bits per heavy atom. The summed E-state index contributed by atoms with van der Waals surface area (Å²) in [4.78, 5) is 8.55. The molecule has 0 amide bonds. The number of phenols is 1. The zero-order chi connectivity index (χ0) is 24.4. The van der Waals surface area contributed by atoms with Gasteiger partial charge in [0.2, 0.25) is 5.82 Å². The van der Waals surface area contributed by atoms with Crippen molar-refractivity contribution < 1.29 is 31.4 Å². The fraction of sp³-hybridized carbons (Fsp3) is 0.350. The molecule has 8 nitrogen and oxygen atoms in total. The van der Waals surface area contributed by atoms with Crippen molar-refractivity contribution >= 4 is 11.2 Å². The second-order valence-electron chi connectivity index (χ2n) is 8.00. The third-order valence-corrected chi connectivity index (χ3v) is 5.69. The van der Waals surface area contributed by atoms with Crippen molar-refractivity contribution in [3.05, 3.63) is 47.3 Å². The van der Waals surface area contributed by atoms with Crippen molar-refractivity contribution in [1.82, 2.24) is 34.5 Å². The van der Waals surface area contributed by atoms with Crippen LogP contribution in [0.2, 0.25) is 0 Å². The summed E-state index contributed by atoms with van der Waals surface area (Å²) < 4.78 is 81.2. The van der Waals surface area contributed by atoms with E-state index in [1.54, 1.807) is 6.20 Å². The molecule has 34 heavy (non-hydrogen) atoms. The van der Waals surface area contributed by atoms with Crippen LogP contribution in [0.15, 0.2) is 24.5 Å². The maximum absolute atomic E-state index is 13.2. The summed E-state index contributed by atoms with van der Waals surface area (Å²) in [6, 6.07) is 1.07. The van der Waals surface area contributed by atoms with Crippen LogP contribution in [0.25, 0.3) is 22.4 Å². The third kappa shape index (κ3) is 3.72. The van der Waals surface area contributed by atoms with E-state index in [2.05, 4.69) is 25.3 Å². The van der Waals surface area contributed by atoms with E-state index in [1.807, 2.05) is 0 Å². The molecule has 1 aliphatic heterocycles. The van der Waals surface area contributed by atoms with Gasteiger partial charge in [-0.05, 0) is 31.0 Å². The molecule has 0 spiro atoms. The van der Waals surface area contributed by atoms with Gasteiger partial charge in [-0.2, -0.15) is 31.4 Å². The first-order valence-corrected chi connectivity index (χ1v) is 10.0. The highest BCUT2D eigenvalue weighted by atomic mass is 19.4. The van der Waals surface area contributed by atoms with Crippen molar-refractivity contribution in [3.8, 4) is 17.0 Å². The molecule has 14 heteroatoms. The van der Waals surface area contributed by atoms with Crippen molar-refractivity contribution in [2.24, 2.45) is 0 Å². The Labute approximate surface area is 186 Å². The van der Waals surface area contributed by atoms with Crippen LogP contribution in [-0.4, -0.2) is 39.6 Å². The summed E-state index contributed by atoms with van der Waals surface area (Å²) in [6.07, 6.45) is -5.68. The number of benzene rings is 1. The Morgan fingerprint density at radius 2 is 1.82 bits per heavy atom. The van der Waals surface area contributed by atoms with E-state index in [4.69, 9.17) is 0 Å². The van der Waals surface area contributed by atoms with Gasteiger partial charge in [0.1, 0.15) is 17.1 Å². The molecule has 0 radical (unpaired) electrons. The van der Waals surface area contributed by atoms with Gasteiger partial charge in [-0.1, -0.05) is 0 Å². The molecule has 1 N–H and O–H groups in total. The van der Waals surface area contributed by atoms with Crippen LogP contribution in [0, 0.1) is 6.92 Å². The lowest BCUT2D eigenvalue weighted by atomic mass is 10.0. The van der Waals surface area contributed by atoms with Gasteiger partial charge < -0.3 is 9.67 Å². The lowest BCUT2D eigenvalue weighted by Gasteiger charge is -2.24. The summed E-state index contributed by atoms with van der Waals surface area (Å²) >= 11 is 0. The average Bonchev–Trinajstić information content (AvgIpc) is 3.35. The molecule has 0 bridgehead atoms. The van der Waals surface area contributed by atoms with Crippen molar-refractivity contribution in [3.63, 3.8) is 0 Å². The molecule has 4 heterocycles. The van der Waals surface area contributed by atoms with Gasteiger partial charge in [-0.3, -0.25) is 4.68 Å². The van der Waals surface area contributed by atoms with Crippen LogP contribution in [0.5, 0.6) is 5.75 Å². The molecule has 1 aliphatic rings. The van der Waals surface area contributed by atoms with Gasteiger partial charge in [-0.25, -0.2) is 9.97 Å². The Kier molecular flexibility index (Phi) is 4.81. The molecule has 4 aromatic rings. The van der Waals surface area contributed by atoms with Crippen molar-refractivity contribution in [2.45, 2.75) is 44.7 Å². The predicted octanol–water partition coefficient (Wildman–Crippen LogP) is 4.32. The van der Waals surface area contributed by atoms with E-state index in [9.17, 15) is 31.4 Å². The standard InChI is InChI=1S/C20H15F6N7O/c1-9-4-10(19(21,22)23)5-14(34)16(9)12-6-27-13-8-33(31-17(13)28-12)11-2-3-15-29-30-18(20(24,25)26)32(15)7-11/h4-6,8,11,34H,2-3,7H2,1H3. The van der Waals surface area contributed by atoms with Crippen molar-refractivity contribution in [1.29, 1.82) is 0 Å². The van der Waals surface area contributed by atoms with Gasteiger partial charge in [0.15, 0.2) is 5.65 Å². The molecular formula is C20H15F6N7O. The first-order chi connectivity index (χ1) is 15.9. The zero-order valence-electron chi connectivity index (χ0n) is 17.4. The van der Waals surface area contributed by atoms with E-state index >= 15 is 0 Å². The number of hydrogen-bond donors (Lipinski definition) is 1. The Balaban J connectivity index is 1.49. The molecule has 5 rings (SSSR count). The fourth-order valence-electron chi connectivity index (χ4n) is 4.13. The maximum atomic E-state index is 13.2. The highest BCUT2D eigenvalue weighted by Crippen LogP contribution is 2.39. The maximum Gasteiger partial charge on any atom is 0.451 e. The molecule has 1 aromatic carbocycles. The predicted molar refractivity (Wildman–Crippen MR) is 105 cm³/mol. The molecule has 1 unspecified atom stereocenters. The van der Waals surface area contributed by atoms with Gasteiger partial charge >= 0.3 is 12.4 Å². The lowest BCUT2D eigenvalue weighted by Crippen LogP contribution is -2.27. The molecule has 1 atom stereocenters. The van der Waals surface area contributed by atoms with E-state index in [0.29, 0.717) is 18.0 Å². The summed E-state index contributed by atoms with van der Waals surface area (Å²) in [5.41, 5.74) is -0.162. The number of aryl methyl sites for hydroxylation is 2. The second-order valence-corrected chi connectivity index (χ2v) is 8.00. The summed E-state index contributed by atoms with van der Waals surface area (Å²) in [6.45, 7) is 1.36. The number of hydrogen-bond acceptors (Lipinski definition) is 6. The minimum absolute atomic E-state index is 0.0448. The van der Waals surface area contributed by atoms with Crippen LogP contribution < -0.4 is 0 Å². The summed E-state index contributed by atoms with van der Waals surface area (Å²) in [5.74, 6) is -1.43. The van der Waals surface area contributed by atoms with Crippen LogP contribution in [-0.2, 0) is 25.3 Å². The minimum atomic E-state index is -4.64. The Bertz CT molecular complexity index is 1380. The molecule has 178 valence electrons. The molecule has 0 saturated heterocycles. The minimum Gasteiger partial charge on any atom is -0.507 e. The van der Waals surface area contributed by atoms with Crippen LogP contribution in [0.4, 0.5) is 26.3 Å². The van der Waals surface area contributed by atoms with Gasteiger partial charge in [0.05, 0.1) is 29.7 Å². The van der Waals surface area contributed by atoms with E-state index in [0.717, 1.165) is 10.6 Å². The number of aromatic nitrogens is 7. The third-order valence-electron chi connectivity index (χ3n) is 5.69. The summed E-state index contributed by atoms with van der Waals surface area (Å²) in [5, 5.41) is 21.5. The average molecular weight is 483 g/mol. The normalized spacial score (nSPS) is 16.7. The number of aromatic hydroxyl groups is 1. The quantitative estimate of drug-likeness (QED) is 0.427. The lowest BCUT2D eigenvalue weighted by molar-refractivity contribution is -0.148. The highest BCUT2D eigenvalue weighted by Gasteiger charge is 2.40. The smallest absolute Gasteiger partial charge is 0.451 e. The molecule has 3 aromatic heterocycles. The number of nitrogens with zero attached hydrogens (tertiary/aromatic N) is 7. The number of fused-ring (bicyclic) bond motifs is 2. The van der Waals surface area contributed by atoms with E-state index in [-0.39, 0.29) is 41.3 Å². The van der Waals surface area contributed by atoms with E-state index in [1.165, 1.54) is 17.8 Å². The van der Waals surface area contributed by atoms with Crippen molar-refractivity contribution in [2.75, 3.05) is 0 Å². The topological polar surface area (TPSA) is 94.5 Å². The first kappa shape index (κ1) is 22.1. The largest absolute Gasteiger partial charge is 0.507 e. The van der Waals surface area contributed by atoms with Gasteiger partial charge in [0, 0.05) is 18.5 Å². The number of phenolic OH excluding ortho intramolecular Hbond substituents is 1. The second kappa shape index (κ2) is 7.40. The van der Waals surface area contributed by atoms with Gasteiger partial charge in [-0.15, -0.1) is 10.2 Å². The number of halogens is 6. The zero-order valence-corrected chi connectivity index (χ0v) is 17.4. The molecule has 0 fully saturated rings.